The highest BCUT2D eigenvalue weighted by Crippen LogP contribution is 2.14. The van der Waals surface area contributed by atoms with Gasteiger partial charge in [-0.25, -0.2) is 9.59 Å². The van der Waals surface area contributed by atoms with Crippen molar-refractivity contribution in [2.24, 2.45) is 0 Å². The highest BCUT2D eigenvalue weighted by Gasteiger charge is 2.24. The molecule has 0 aliphatic heterocycles. The molecule has 0 bridgehead atoms. The molecular weight excluding hydrogens is 651 g/mol. The standard InChI is InChI=1S/2C15H27NO4S.2ClH/c2*1-11(10-21(6,7)19)8-9-13(12(2)17)16-14(18)20-15(3,4)5;;/h2*13H,1,8-10H2,2-7H3;2*1H. The first kappa shape index (κ1) is 49.1. The van der Waals surface area contributed by atoms with Crippen LogP contribution in [0.5, 0.6) is 0 Å². The molecule has 2 atom stereocenters. The summed E-state index contributed by atoms with van der Waals surface area (Å²) in [6.45, 7) is 21.2. The lowest BCUT2D eigenvalue weighted by Gasteiger charge is -2.22. The van der Waals surface area contributed by atoms with Crippen molar-refractivity contribution < 1.29 is 61.9 Å². The van der Waals surface area contributed by atoms with Crippen LogP contribution in [-0.4, -0.2) is 83.6 Å². The molecule has 0 saturated carbocycles. The van der Waals surface area contributed by atoms with Gasteiger partial charge in [0.2, 0.25) is 0 Å². The lowest BCUT2D eigenvalue weighted by molar-refractivity contribution is -0.119. The minimum absolute atomic E-state index is 0. The molecule has 0 heterocycles. The zero-order valence-electron chi connectivity index (χ0n) is 28.6. The second kappa shape index (κ2) is 21.1. The van der Waals surface area contributed by atoms with E-state index in [-0.39, 0.29) is 36.4 Å². The van der Waals surface area contributed by atoms with Crippen LogP contribution in [0.25, 0.3) is 0 Å². The number of halogens is 2. The maximum atomic E-state index is 11.7. The normalized spacial score (nSPS) is 12.8. The Labute approximate surface area is 280 Å². The smallest absolute Gasteiger partial charge is 0.408 e. The van der Waals surface area contributed by atoms with Crippen molar-refractivity contribution >= 4 is 43.6 Å². The number of carbonyl (C=O) groups excluding carboxylic acids is 4. The molecule has 0 saturated heterocycles. The van der Waals surface area contributed by atoms with Crippen LogP contribution in [0.1, 0.15) is 81.1 Å². The van der Waals surface area contributed by atoms with E-state index in [2.05, 4.69) is 23.8 Å². The number of rotatable bonds is 14. The highest BCUT2D eigenvalue weighted by molar-refractivity contribution is 8.02. The SMILES string of the molecule is C=C(CCC(NC(=O)OC(C)(C)C)C(C)=O)C[S+](C)(C)=O.C=C(CCC(NC(=O)OC(C)(C)C)C(C)=O)C[S+](C)(C)=O.[Cl-].[Cl-]. The number of hydrogen-bond acceptors (Lipinski definition) is 8. The first-order valence-corrected chi connectivity index (χ1v) is 18.9. The van der Waals surface area contributed by atoms with Gasteiger partial charge in [-0.15, -0.1) is 8.42 Å². The van der Waals surface area contributed by atoms with Crippen molar-refractivity contribution in [1.29, 1.82) is 0 Å². The lowest BCUT2D eigenvalue weighted by atomic mass is 10.0. The molecule has 10 nitrogen and oxygen atoms in total. The molecule has 14 heteroatoms. The molecule has 0 aromatic rings. The second-order valence-electron chi connectivity index (χ2n) is 13.4. The van der Waals surface area contributed by atoms with Crippen LogP contribution in [-0.2, 0) is 47.3 Å². The van der Waals surface area contributed by atoms with Crippen LogP contribution < -0.4 is 35.4 Å². The number of carbonyl (C=O) groups is 4. The summed E-state index contributed by atoms with van der Waals surface area (Å²) < 4.78 is 33.7. The van der Waals surface area contributed by atoms with Gasteiger partial charge in [0.05, 0.1) is 31.9 Å². The summed E-state index contributed by atoms with van der Waals surface area (Å²) in [7, 11) is -3.77. The molecular formula is C30H56Cl2N2O8S2. The summed E-state index contributed by atoms with van der Waals surface area (Å²) >= 11 is 0. The van der Waals surface area contributed by atoms with Crippen molar-refractivity contribution in [3.8, 4) is 0 Å². The molecule has 0 spiro atoms. The van der Waals surface area contributed by atoms with Gasteiger partial charge in [-0.1, -0.05) is 13.2 Å². The molecule has 2 N–H and O–H groups in total. The fourth-order valence-corrected chi connectivity index (χ4v) is 5.73. The topological polar surface area (TPSA) is 145 Å². The van der Waals surface area contributed by atoms with Gasteiger partial charge in [-0.05, 0) is 92.2 Å². The average molecular weight is 708 g/mol. The number of amides is 2. The van der Waals surface area contributed by atoms with Crippen LogP contribution in [0.2, 0.25) is 0 Å². The second-order valence-corrected chi connectivity index (χ2v) is 19.7. The number of ketones is 2. The Hall–Kier alpha value is -1.76. The zero-order valence-corrected chi connectivity index (χ0v) is 31.8. The molecule has 2 amide bonds. The molecule has 0 aromatic carbocycles. The summed E-state index contributed by atoms with van der Waals surface area (Å²) in [5, 5.41) is 5.14. The predicted octanol–water partition coefficient (Wildman–Crippen LogP) is -0.864. The van der Waals surface area contributed by atoms with Gasteiger partial charge >= 0.3 is 12.2 Å². The summed E-state index contributed by atoms with van der Waals surface area (Å²) in [6, 6.07) is -1.22. The largest absolute Gasteiger partial charge is 1.00 e. The zero-order chi connectivity index (χ0) is 33.7. The Kier molecular flexibility index (Phi) is 23.6. The van der Waals surface area contributed by atoms with Crippen molar-refractivity contribution in [1.82, 2.24) is 10.6 Å². The Morgan fingerprint density at radius 1 is 0.636 bits per heavy atom. The summed E-state index contributed by atoms with van der Waals surface area (Å²) in [5.74, 6) is 0.596. The number of alkyl carbamates (subject to hydrolysis) is 2. The van der Waals surface area contributed by atoms with Crippen molar-refractivity contribution in [3.05, 3.63) is 24.3 Å². The molecule has 0 rings (SSSR count). The third-order valence-electron chi connectivity index (χ3n) is 5.04. The molecule has 260 valence electrons. The van der Waals surface area contributed by atoms with Crippen LogP contribution in [0.3, 0.4) is 0 Å². The van der Waals surface area contributed by atoms with E-state index >= 15 is 0 Å². The van der Waals surface area contributed by atoms with Gasteiger partial charge in [0, 0.05) is 0 Å². The van der Waals surface area contributed by atoms with E-state index < -0.39 is 55.3 Å². The van der Waals surface area contributed by atoms with Crippen LogP contribution in [0.15, 0.2) is 24.3 Å². The molecule has 0 aliphatic carbocycles. The van der Waals surface area contributed by atoms with E-state index in [1.165, 1.54) is 13.8 Å². The summed E-state index contributed by atoms with van der Waals surface area (Å²) in [4.78, 5) is 46.6. The van der Waals surface area contributed by atoms with Gasteiger partial charge in [0.1, 0.15) is 47.7 Å². The first-order chi connectivity index (χ1) is 18.6. The van der Waals surface area contributed by atoms with E-state index in [0.717, 1.165) is 11.1 Å². The van der Waals surface area contributed by atoms with Crippen LogP contribution in [0.4, 0.5) is 9.59 Å². The maximum Gasteiger partial charge on any atom is 0.408 e. The summed E-state index contributed by atoms with van der Waals surface area (Å²) in [6.07, 6.45) is 7.45. The Balaban J connectivity index is -0.000000348. The third kappa shape index (κ3) is 31.7. The van der Waals surface area contributed by atoms with Gasteiger partial charge in [0.15, 0.2) is 11.6 Å². The molecule has 0 aromatic heterocycles. The summed E-state index contributed by atoms with van der Waals surface area (Å²) in [5.41, 5.74) is 0.431. The molecule has 0 fully saturated rings. The Morgan fingerprint density at radius 3 is 1.07 bits per heavy atom. The Morgan fingerprint density at radius 2 is 0.886 bits per heavy atom. The molecule has 2 unspecified atom stereocenters. The number of nitrogens with one attached hydrogen (secondary N) is 2. The minimum Gasteiger partial charge on any atom is -1.00 e. The third-order valence-corrected chi connectivity index (χ3v) is 7.25. The predicted molar refractivity (Wildman–Crippen MR) is 174 cm³/mol. The van der Waals surface area contributed by atoms with Crippen molar-refractivity contribution in [2.45, 2.75) is 104 Å². The first-order valence-electron chi connectivity index (χ1n) is 13.8. The molecule has 0 radical (unpaired) electrons. The van der Waals surface area contributed by atoms with E-state index in [9.17, 15) is 27.6 Å². The number of Topliss-reactive ketones (excluding diaryl/α,β-unsaturated/α-hetero) is 2. The van der Waals surface area contributed by atoms with Gasteiger partial charge in [-0.2, -0.15) is 0 Å². The average Bonchev–Trinajstić information content (AvgIpc) is 2.69. The Bertz CT molecular complexity index is 986. The number of hydrogen-bond donors (Lipinski definition) is 2. The van der Waals surface area contributed by atoms with E-state index in [0.29, 0.717) is 37.2 Å². The fraction of sp³-hybridized carbons (Fsp3) is 0.733. The van der Waals surface area contributed by atoms with Gasteiger partial charge < -0.3 is 44.9 Å². The lowest BCUT2D eigenvalue weighted by Crippen LogP contribution is -3.00. The maximum absolute atomic E-state index is 11.7. The van der Waals surface area contributed by atoms with E-state index in [1.807, 2.05) is 0 Å². The fourth-order valence-electron chi connectivity index (χ4n) is 3.48. The van der Waals surface area contributed by atoms with E-state index in [4.69, 9.17) is 9.47 Å². The molecule has 0 aliphatic rings. The van der Waals surface area contributed by atoms with Gasteiger partial charge in [-0.3, -0.25) is 9.59 Å². The van der Waals surface area contributed by atoms with Crippen LogP contribution in [0, 0.1) is 0 Å². The van der Waals surface area contributed by atoms with Crippen molar-refractivity contribution in [3.63, 3.8) is 0 Å². The number of ether oxygens (including phenoxy) is 2. The minimum atomic E-state index is -1.89. The highest BCUT2D eigenvalue weighted by atomic mass is 35.5. The molecule has 44 heavy (non-hydrogen) atoms. The monoisotopic (exact) mass is 706 g/mol. The van der Waals surface area contributed by atoms with Crippen molar-refractivity contribution in [2.75, 3.05) is 36.5 Å². The van der Waals surface area contributed by atoms with Gasteiger partial charge in [0.25, 0.3) is 0 Å². The van der Waals surface area contributed by atoms with E-state index in [1.54, 1.807) is 66.6 Å². The quantitative estimate of drug-likeness (QED) is 0.175. The van der Waals surface area contributed by atoms with Crippen LogP contribution >= 0.6 is 0 Å².